The maximum atomic E-state index is 13.8. The first-order valence-electron chi connectivity index (χ1n) is 5.49. The molecule has 6 nitrogen and oxygen atoms in total. The van der Waals surface area contributed by atoms with Crippen LogP contribution in [0, 0.1) is 12.7 Å². The van der Waals surface area contributed by atoms with Gasteiger partial charge in [0.15, 0.2) is 0 Å². The molecule has 0 aliphatic carbocycles. The Balaban J connectivity index is 3.13. The van der Waals surface area contributed by atoms with Crippen molar-refractivity contribution in [3.8, 4) is 0 Å². The van der Waals surface area contributed by atoms with E-state index in [0.29, 0.717) is 0 Å². The van der Waals surface area contributed by atoms with E-state index in [2.05, 4.69) is 4.72 Å². The third kappa shape index (κ3) is 3.87. The molecule has 108 valence electrons. The molecule has 1 rings (SSSR count). The van der Waals surface area contributed by atoms with Crippen LogP contribution in [-0.2, 0) is 14.8 Å². The van der Waals surface area contributed by atoms with Gasteiger partial charge < -0.3 is 15.6 Å². The Morgan fingerprint density at radius 3 is 2.68 bits per heavy atom. The summed E-state index contributed by atoms with van der Waals surface area (Å²) in [6.07, 6.45) is 0. The van der Waals surface area contributed by atoms with Crippen LogP contribution in [0.5, 0.6) is 0 Å². The molecule has 4 N–H and O–H groups in total. The predicted molar refractivity (Wildman–Crippen MR) is 68.6 cm³/mol. The number of anilines is 1. The van der Waals surface area contributed by atoms with Crippen LogP contribution in [0.1, 0.15) is 5.56 Å². The average Bonchev–Trinajstić information content (AvgIpc) is 2.32. The highest BCUT2D eigenvalue weighted by atomic mass is 32.2. The largest absolute Gasteiger partial charge is 0.399 e. The summed E-state index contributed by atoms with van der Waals surface area (Å²) in [5.74, 6) is -0.865. The van der Waals surface area contributed by atoms with Gasteiger partial charge in [0.05, 0.1) is 19.3 Å². The number of hydrogen-bond acceptors (Lipinski definition) is 5. The summed E-state index contributed by atoms with van der Waals surface area (Å²) in [7, 11) is -2.75. The number of ether oxygens (including phenoxy) is 1. The fraction of sp³-hybridized carbons (Fsp3) is 0.455. The van der Waals surface area contributed by atoms with Gasteiger partial charge in [-0.3, -0.25) is 0 Å². The minimum absolute atomic E-state index is 0.0291. The van der Waals surface area contributed by atoms with Crippen molar-refractivity contribution in [2.45, 2.75) is 17.9 Å². The number of nitrogen functional groups attached to an aromatic ring is 1. The first-order chi connectivity index (χ1) is 8.81. The third-order valence-corrected chi connectivity index (χ3v) is 3.96. The molecular weight excluding hydrogens is 275 g/mol. The fourth-order valence-electron chi connectivity index (χ4n) is 1.57. The lowest BCUT2D eigenvalue weighted by Gasteiger charge is -2.16. The second-order valence-corrected chi connectivity index (χ2v) is 5.79. The third-order valence-electron chi connectivity index (χ3n) is 2.44. The normalized spacial score (nSPS) is 13.5. The van der Waals surface area contributed by atoms with E-state index in [4.69, 9.17) is 15.6 Å². The Bertz CT molecular complexity index is 548. The van der Waals surface area contributed by atoms with Crippen molar-refractivity contribution in [1.82, 2.24) is 4.72 Å². The van der Waals surface area contributed by atoms with Crippen molar-refractivity contribution in [3.63, 3.8) is 0 Å². The molecule has 0 spiro atoms. The maximum absolute atomic E-state index is 13.8. The monoisotopic (exact) mass is 292 g/mol. The van der Waals surface area contributed by atoms with E-state index in [9.17, 15) is 12.8 Å². The van der Waals surface area contributed by atoms with E-state index in [-0.39, 0.29) is 17.9 Å². The molecule has 1 aromatic rings. The van der Waals surface area contributed by atoms with Crippen molar-refractivity contribution < 1.29 is 22.7 Å². The molecule has 0 amide bonds. The first kappa shape index (κ1) is 15.8. The quantitative estimate of drug-likeness (QED) is 0.641. The summed E-state index contributed by atoms with van der Waals surface area (Å²) in [5.41, 5.74) is 5.79. The molecule has 1 aromatic carbocycles. The molecule has 8 heteroatoms. The van der Waals surface area contributed by atoms with Crippen LogP contribution in [0.4, 0.5) is 10.1 Å². The van der Waals surface area contributed by atoms with E-state index in [0.717, 1.165) is 6.07 Å². The van der Waals surface area contributed by atoms with Crippen LogP contribution in [-0.4, -0.2) is 39.9 Å². The highest BCUT2D eigenvalue weighted by Crippen LogP contribution is 2.21. The molecular formula is C11H17FN2O4S. The molecule has 1 unspecified atom stereocenters. The van der Waals surface area contributed by atoms with Gasteiger partial charge in [-0.2, -0.15) is 0 Å². The zero-order valence-electron chi connectivity index (χ0n) is 10.7. The van der Waals surface area contributed by atoms with Crippen LogP contribution >= 0.6 is 0 Å². The highest BCUT2D eigenvalue weighted by Gasteiger charge is 2.24. The number of rotatable bonds is 6. The Morgan fingerprint density at radius 1 is 1.53 bits per heavy atom. The van der Waals surface area contributed by atoms with Gasteiger partial charge >= 0.3 is 0 Å². The number of sulfonamides is 1. The van der Waals surface area contributed by atoms with Crippen LogP contribution < -0.4 is 10.5 Å². The van der Waals surface area contributed by atoms with E-state index >= 15 is 0 Å². The molecule has 0 bridgehead atoms. The van der Waals surface area contributed by atoms with Crippen molar-refractivity contribution in [2.24, 2.45) is 0 Å². The molecule has 0 aliphatic heterocycles. The van der Waals surface area contributed by atoms with Gasteiger partial charge in [0.25, 0.3) is 0 Å². The fourth-order valence-corrected chi connectivity index (χ4v) is 2.96. The molecule has 0 aromatic heterocycles. The summed E-state index contributed by atoms with van der Waals surface area (Å²) in [5, 5.41) is 9.02. The highest BCUT2D eigenvalue weighted by molar-refractivity contribution is 7.89. The minimum Gasteiger partial charge on any atom is -0.399 e. The molecule has 0 saturated carbocycles. The summed E-state index contributed by atoms with van der Waals surface area (Å²) >= 11 is 0. The smallest absolute Gasteiger partial charge is 0.243 e. The average molecular weight is 292 g/mol. The van der Waals surface area contributed by atoms with Gasteiger partial charge in [-0.25, -0.2) is 17.5 Å². The lowest BCUT2D eigenvalue weighted by molar-refractivity contribution is 0.139. The summed E-state index contributed by atoms with van der Waals surface area (Å²) in [4.78, 5) is -0.542. The zero-order chi connectivity index (χ0) is 14.6. The Hall–Kier alpha value is -1.22. The minimum atomic E-state index is -4.11. The van der Waals surface area contributed by atoms with Crippen molar-refractivity contribution >= 4 is 15.7 Å². The van der Waals surface area contributed by atoms with Crippen LogP contribution in [0.2, 0.25) is 0 Å². The second-order valence-electron chi connectivity index (χ2n) is 4.11. The van der Waals surface area contributed by atoms with E-state index < -0.39 is 33.4 Å². The van der Waals surface area contributed by atoms with Gasteiger partial charge in [-0.05, 0) is 24.6 Å². The SMILES string of the molecule is COCC(CO)NS(=O)(=O)c1cc(N)cc(C)c1F. The maximum Gasteiger partial charge on any atom is 0.243 e. The molecule has 0 radical (unpaired) electrons. The predicted octanol–water partition coefficient (Wildman–Crippen LogP) is 0.00192. The summed E-state index contributed by atoms with van der Waals surface area (Å²) in [6, 6.07) is 1.52. The lowest BCUT2D eigenvalue weighted by atomic mass is 10.2. The van der Waals surface area contributed by atoms with Crippen molar-refractivity contribution in [3.05, 3.63) is 23.5 Å². The number of aliphatic hydroxyl groups is 1. The molecule has 19 heavy (non-hydrogen) atoms. The number of halogens is 1. The number of benzene rings is 1. The van der Waals surface area contributed by atoms with Crippen molar-refractivity contribution in [2.75, 3.05) is 26.1 Å². The van der Waals surface area contributed by atoms with Crippen LogP contribution in [0.25, 0.3) is 0 Å². The Kier molecular flexibility index (Phi) is 5.24. The number of aryl methyl sites for hydroxylation is 1. The van der Waals surface area contributed by atoms with Gasteiger partial charge in [0, 0.05) is 12.8 Å². The summed E-state index contributed by atoms with van der Waals surface area (Å²) < 4.78 is 44.8. The first-order valence-corrected chi connectivity index (χ1v) is 6.98. The molecule has 0 saturated heterocycles. The number of aliphatic hydroxyl groups excluding tert-OH is 1. The van der Waals surface area contributed by atoms with E-state index in [1.165, 1.54) is 20.1 Å². The molecule has 0 aliphatic rings. The second kappa shape index (κ2) is 6.29. The lowest BCUT2D eigenvalue weighted by Crippen LogP contribution is -2.40. The summed E-state index contributed by atoms with van der Waals surface area (Å²) in [6.45, 7) is 0.929. The number of nitrogens with one attached hydrogen (secondary N) is 1. The molecule has 1 atom stereocenters. The van der Waals surface area contributed by atoms with Gasteiger partial charge in [-0.1, -0.05) is 0 Å². The van der Waals surface area contributed by atoms with Gasteiger partial charge in [0.2, 0.25) is 10.0 Å². The standard InChI is InChI=1S/C11H17FN2O4S/c1-7-3-8(13)4-10(11(7)12)19(16,17)14-9(5-15)6-18-2/h3-4,9,14-15H,5-6,13H2,1-2H3. The number of methoxy groups -OCH3 is 1. The Labute approximate surface area is 111 Å². The number of nitrogens with two attached hydrogens (primary N) is 1. The number of hydrogen-bond donors (Lipinski definition) is 3. The van der Waals surface area contributed by atoms with Crippen molar-refractivity contribution in [1.29, 1.82) is 0 Å². The van der Waals surface area contributed by atoms with Gasteiger partial charge in [0.1, 0.15) is 10.7 Å². The van der Waals surface area contributed by atoms with Crippen LogP contribution in [0.3, 0.4) is 0 Å². The van der Waals surface area contributed by atoms with E-state index in [1.54, 1.807) is 0 Å². The molecule has 0 fully saturated rings. The molecule has 0 heterocycles. The van der Waals surface area contributed by atoms with Crippen LogP contribution in [0.15, 0.2) is 17.0 Å². The van der Waals surface area contributed by atoms with E-state index in [1.807, 2.05) is 0 Å². The zero-order valence-corrected chi connectivity index (χ0v) is 11.5. The van der Waals surface area contributed by atoms with Gasteiger partial charge in [-0.15, -0.1) is 0 Å². The topological polar surface area (TPSA) is 102 Å². The Morgan fingerprint density at radius 2 is 2.16 bits per heavy atom.